The van der Waals surface area contributed by atoms with Crippen LogP contribution in [0.15, 0.2) is 48.9 Å². The molecule has 0 saturated heterocycles. The molecule has 3 heterocycles. The van der Waals surface area contributed by atoms with Crippen LogP contribution in [0.4, 0.5) is 0 Å². The monoisotopic (exact) mass is 310 g/mol. The van der Waals surface area contributed by atoms with Gasteiger partial charge < -0.3 is 10.2 Å². The minimum absolute atomic E-state index is 0.00280. The summed E-state index contributed by atoms with van der Waals surface area (Å²) in [5.41, 5.74) is 0.557. The molecule has 3 aromatic heterocycles. The molecule has 0 fully saturated rings. The number of carbonyl (C=O) groups is 2. The first kappa shape index (κ1) is 14.4. The van der Waals surface area contributed by atoms with Gasteiger partial charge in [-0.15, -0.1) is 0 Å². The van der Waals surface area contributed by atoms with Crippen molar-refractivity contribution in [3.8, 4) is 17.2 Å². The van der Waals surface area contributed by atoms with E-state index >= 15 is 0 Å². The Hall–Kier alpha value is -3.55. The lowest BCUT2D eigenvalue weighted by molar-refractivity contribution is 0.0685. The number of rotatable bonds is 4. The second kappa shape index (κ2) is 5.68. The zero-order valence-corrected chi connectivity index (χ0v) is 11.6. The Bertz CT molecular complexity index is 890. The summed E-state index contributed by atoms with van der Waals surface area (Å²) >= 11 is 0. The topological polar surface area (TPSA) is 118 Å². The number of carboxylic acids is 2. The van der Waals surface area contributed by atoms with Crippen LogP contribution in [0.25, 0.3) is 17.2 Å². The first-order valence-electron chi connectivity index (χ1n) is 6.50. The summed E-state index contributed by atoms with van der Waals surface area (Å²) in [6.07, 6.45) is 4.50. The van der Waals surface area contributed by atoms with E-state index in [1.165, 1.54) is 41.3 Å². The molecule has 3 rings (SSSR count). The Morgan fingerprint density at radius 3 is 2.35 bits per heavy atom. The highest BCUT2D eigenvalue weighted by molar-refractivity contribution is 5.90. The predicted molar refractivity (Wildman–Crippen MR) is 78.5 cm³/mol. The van der Waals surface area contributed by atoms with E-state index in [-0.39, 0.29) is 22.5 Å². The molecule has 0 aliphatic heterocycles. The van der Waals surface area contributed by atoms with E-state index in [9.17, 15) is 14.7 Å². The van der Waals surface area contributed by atoms with Crippen LogP contribution in [0.2, 0.25) is 0 Å². The zero-order chi connectivity index (χ0) is 16.4. The summed E-state index contributed by atoms with van der Waals surface area (Å²) in [6.45, 7) is 0. The SMILES string of the molecule is O=C(O)c1ccnc(-c2cc(C(=O)O)cc(-n3cccn3)n2)c1. The zero-order valence-electron chi connectivity index (χ0n) is 11.6. The molecule has 0 aromatic carbocycles. The lowest BCUT2D eigenvalue weighted by atomic mass is 10.1. The summed E-state index contributed by atoms with van der Waals surface area (Å²) in [5.74, 6) is -1.93. The summed E-state index contributed by atoms with van der Waals surface area (Å²) in [5, 5.41) is 22.3. The van der Waals surface area contributed by atoms with Crippen LogP contribution in [0.5, 0.6) is 0 Å². The van der Waals surface area contributed by atoms with Gasteiger partial charge in [-0.25, -0.2) is 19.3 Å². The third-order valence-corrected chi connectivity index (χ3v) is 3.07. The molecule has 0 amide bonds. The van der Waals surface area contributed by atoms with Crippen molar-refractivity contribution in [3.05, 3.63) is 60.0 Å². The van der Waals surface area contributed by atoms with Crippen molar-refractivity contribution >= 4 is 11.9 Å². The number of hydrogen-bond acceptors (Lipinski definition) is 5. The number of pyridine rings is 2. The Balaban J connectivity index is 2.17. The first-order chi connectivity index (χ1) is 11.0. The lowest BCUT2D eigenvalue weighted by Gasteiger charge is -2.07. The molecular formula is C15H10N4O4. The quantitative estimate of drug-likeness (QED) is 0.753. The molecule has 0 aliphatic carbocycles. The second-order valence-corrected chi connectivity index (χ2v) is 4.59. The van der Waals surface area contributed by atoms with Crippen molar-refractivity contribution in [2.24, 2.45) is 0 Å². The average molecular weight is 310 g/mol. The molecule has 114 valence electrons. The van der Waals surface area contributed by atoms with E-state index in [1.807, 2.05) is 0 Å². The largest absolute Gasteiger partial charge is 0.478 e. The fourth-order valence-electron chi connectivity index (χ4n) is 2.00. The minimum atomic E-state index is -1.13. The molecule has 2 N–H and O–H groups in total. The van der Waals surface area contributed by atoms with Gasteiger partial charge in [-0.3, -0.25) is 4.98 Å². The summed E-state index contributed by atoms with van der Waals surface area (Å²) in [4.78, 5) is 30.7. The summed E-state index contributed by atoms with van der Waals surface area (Å²) in [6, 6.07) is 7.08. The summed E-state index contributed by atoms with van der Waals surface area (Å²) < 4.78 is 1.41. The van der Waals surface area contributed by atoms with Crippen molar-refractivity contribution < 1.29 is 19.8 Å². The van der Waals surface area contributed by atoms with Crippen LogP contribution in [-0.2, 0) is 0 Å². The van der Waals surface area contributed by atoms with Crippen LogP contribution in [-0.4, -0.2) is 41.9 Å². The molecule has 0 spiro atoms. The van der Waals surface area contributed by atoms with Crippen LogP contribution >= 0.6 is 0 Å². The smallest absolute Gasteiger partial charge is 0.335 e. The Morgan fingerprint density at radius 1 is 0.957 bits per heavy atom. The maximum Gasteiger partial charge on any atom is 0.335 e. The first-order valence-corrected chi connectivity index (χ1v) is 6.50. The van der Waals surface area contributed by atoms with Gasteiger partial charge in [0.05, 0.1) is 22.5 Å². The maximum atomic E-state index is 11.3. The van der Waals surface area contributed by atoms with Gasteiger partial charge in [-0.1, -0.05) is 0 Å². The maximum absolute atomic E-state index is 11.3. The third-order valence-electron chi connectivity index (χ3n) is 3.07. The normalized spacial score (nSPS) is 10.4. The van der Waals surface area contributed by atoms with Gasteiger partial charge in [0, 0.05) is 18.6 Å². The van der Waals surface area contributed by atoms with Crippen molar-refractivity contribution in [1.29, 1.82) is 0 Å². The Labute approximate surface area is 129 Å². The third kappa shape index (κ3) is 2.91. The molecule has 0 radical (unpaired) electrons. The van der Waals surface area contributed by atoms with Crippen molar-refractivity contribution in [3.63, 3.8) is 0 Å². The van der Waals surface area contributed by atoms with E-state index in [2.05, 4.69) is 15.1 Å². The fourth-order valence-corrected chi connectivity index (χ4v) is 2.00. The highest BCUT2D eigenvalue weighted by Gasteiger charge is 2.13. The van der Waals surface area contributed by atoms with Gasteiger partial charge in [0.25, 0.3) is 0 Å². The number of nitrogens with zero attached hydrogens (tertiary/aromatic N) is 4. The number of carboxylic acid groups (broad SMARTS) is 2. The standard InChI is InChI=1S/C15H10N4O4/c20-14(21)9-2-4-16-11(6-9)12-7-10(15(22)23)8-13(18-12)19-5-1-3-17-19/h1-8H,(H,20,21)(H,22,23). The molecule has 0 aliphatic rings. The van der Waals surface area contributed by atoms with E-state index in [1.54, 1.807) is 12.3 Å². The van der Waals surface area contributed by atoms with Crippen LogP contribution in [0.3, 0.4) is 0 Å². The molecular weight excluding hydrogens is 300 g/mol. The lowest BCUT2D eigenvalue weighted by Crippen LogP contribution is -2.05. The van der Waals surface area contributed by atoms with Gasteiger partial charge in [0.1, 0.15) is 0 Å². The Kier molecular flexibility index (Phi) is 3.55. The van der Waals surface area contributed by atoms with Crippen LogP contribution < -0.4 is 0 Å². The number of hydrogen-bond donors (Lipinski definition) is 2. The molecule has 0 unspecified atom stereocenters. The predicted octanol–water partition coefficient (Wildman–Crippen LogP) is 1.73. The highest BCUT2D eigenvalue weighted by atomic mass is 16.4. The average Bonchev–Trinajstić information content (AvgIpc) is 3.09. The molecule has 0 atom stereocenters. The van der Waals surface area contributed by atoms with E-state index in [0.29, 0.717) is 5.82 Å². The van der Waals surface area contributed by atoms with Crippen molar-refractivity contribution in [2.45, 2.75) is 0 Å². The molecule has 0 saturated carbocycles. The molecule has 3 aromatic rings. The molecule has 8 heteroatoms. The van der Waals surface area contributed by atoms with Gasteiger partial charge in [0.2, 0.25) is 0 Å². The molecule has 0 bridgehead atoms. The van der Waals surface area contributed by atoms with Gasteiger partial charge in [-0.05, 0) is 30.3 Å². The minimum Gasteiger partial charge on any atom is -0.478 e. The number of aromatic carboxylic acids is 2. The fraction of sp³-hybridized carbons (Fsp3) is 0. The van der Waals surface area contributed by atoms with Gasteiger partial charge in [0.15, 0.2) is 5.82 Å². The van der Waals surface area contributed by atoms with Gasteiger partial charge in [-0.2, -0.15) is 5.10 Å². The molecule has 23 heavy (non-hydrogen) atoms. The van der Waals surface area contributed by atoms with Crippen LogP contribution in [0.1, 0.15) is 20.7 Å². The van der Waals surface area contributed by atoms with E-state index in [0.717, 1.165) is 0 Å². The molecule has 8 nitrogen and oxygen atoms in total. The van der Waals surface area contributed by atoms with Gasteiger partial charge >= 0.3 is 11.9 Å². The van der Waals surface area contributed by atoms with E-state index < -0.39 is 11.9 Å². The Morgan fingerprint density at radius 2 is 1.70 bits per heavy atom. The summed E-state index contributed by atoms with van der Waals surface area (Å²) in [7, 11) is 0. The van der Waals surface area contributed by atoms with Crippen LogP contribution in [0, 0.1) is 0 Å². The van der Waals surface area contributed by atoms with E-state index in [4.69, 9.17) is 5.11 Å². The van der Waals surface area contributed by atoms with Crippen molar-refractivity contribution in [2.75, 3.05) is 0 Å². The number of aromatic nitrogens is 4. The highest BCUT2D eigenvalue weighted by Crippen LogP contribution is 2.20. The second-order valence-electron chi connectivity index (χ2n) is 4.59. The van der Waals surface area contributed by atoms with Crippen molar-refractivity contribution in [1.82, 2.24) is 19.7 Å².